The quantitative estimate of drug-likeness (QED) is 0.442. The van der Waals surface area contributed by atoms with Gasteiger partial charge in [-0.05, 0) is 43.5 Å². The molecule has 0 aliphatic rings. The summed E-state index contributed by atoms with van der Waals surface area (Å²) in [7, 11) is 0. The summed E-state index contributed by atoms with van der Waals surface area (Å²) >= 11 is 0. The highest BCUT2D eigenvalue weighted by Crippen LogP contribution is 2.31. The van der Waals surface area contributed by atoms with Gasteiger partial charge in [-0.1, -0.05) is 42.5 Å². The lowest BCUT2D eigenvalue weighted by molar-refractivity contribution is 0.0697. The van der Waals surface area contributed by atoms with E-state index in [1.54, 1.807) is 12.1 Å². The zero-order valence-electron chi connectivity index (χ0n) is 18.2. The molecular weight excluding hydrogens is 408 g/mol. The summed E-state index contributed by atoms with van der Waals surface area (Å²) in [6.45, 7) is 7.16. The molecule has 0 amide bonds. The third-order valence-corrected chi connectivity index (χ3v) is 5.12. The van der Waals surface area contributed by atoms with Crippen LogP contribution in [0.4, 0.5) is 0 Å². The van der Waals surface area contributed by atoms with Gasteiger partial charge in [-0.3, -0.25) is 0 Å². The van der Waals surface area contributed by atoms with Crippen molar-refractivity contribution in [2.45, 2.75) is 27.3 Å². The molecule has 8 heteroatoms. The molecule has 0 spiro atoms. The van der Waals surface area contributed by atoms with Crippen LogP contribution in [0.15, 0.2) is 48.5 Å². The molecule has 4 aromatic rings. The van der Waals surface area contributed by atoms with E-state index >= 15 is 0 Å². The van der Waals surface area contributed by atoms with E-state index in [9.17, 15) is 9.90 Å². The van der Waals surface area contributed by atoms with Crippen LogP contribution in [0.25, 0.3) is 22.2 Å². The molecule has 0 bridgehead atoms. The molecule has 0 saturated carbocycles. The number of hydrogen-bond acceptors (Lipinski definition) is 6. The fourth-order valence-corrected chi connectivity index (χ4v) is 3.67. The third-order valence-electron chi connectivity index (χ3n) is 5.12. The van der Waals surface area contributed by atoms with E-state index in [2.05, 4.69) is 15.2 Å². The average Bonchev–Trinajstić information content (AvgIpc) is 3.12. The van der Waals surface area contributed by atoms with Gasteiger partial charge in [0.15, 0.2) is 5.52 Å². The predicted molar refractivity (Wildman–Crippen MR) is 120 cm³/mol. The summed E-state index contributed by atoms with van der Waals surface area (Å²) < 4.78 is 13.3. The Hall–Kier alpha value is -3.94. The lowest BCUT2D eigenvalue weighted by Crippen LogP contribution is -2.06. The van der Waals surface area contributed by atoms with Crippen LogP contribution in [-0.2, 0) is 6.54 Å². The van der Waals surface area contributed by atoms with E-state index in [-0.39, 0.29) is 5.56 Å². The number of fused-ring (bicyclic) bond motifs is 1. The van der Waals surface area contributed by atoms with Gasteiger partial charge in [0.1, 0.15) is 11.3 Å². The van der Waals surface area contributed by atoms with Gasteiger partial charge in [0.25, 0.3) is 11.8 Å². The van der Waals surface area contributed by atoms with Crippen molar-refractivity contribution in [2.75, 3.05) is 13.2 Å². The Balaban J connectivity index is 1.72. The smallest absolute Gasteiger partial charge is 0.336 e. The van der Waals surface area contributed by atoms with E-state index in [0.29, 0.717) is 42.6 Å². The number of carbonyl (C=O) groups is 1. The van der Waals surface area contributed by atoms with E-state index in [1.165, 1.54) is 0 Å². The minimum Gasteiger partial charge on any atom is -0.478 e. The summed E-state index contributed by atoms with van der Waals surface area (Å²) in [5, 5.41) is 17.8. The summed E-state index contributed by atoms with van der Waals surface area (Å²) in [4.78, 5) is 16.2. The first-order valence-corrected chi connectivity index (χ1v) is 10.4. The number of aromatic nitrogens is 4. The summed E-state index contributed by atoms with van der Waals surface area (Å²) in [6.07, 6.45) is 0. The fourth-order valence-electron chi connectivity index (χ4n) is 3.67. The molecule has 0 fully saturated rings. The Morgan fingerprint density at radius 3 is 2.31 bits per heavy atom. The van der Waals surface area contributed by atoms with Gasteiger partial charge in [0.2, 0.25) is 0 Å². The van der Waals surface area contributed by atoms with Crippen molar-refractivity contribution in [2.24, 2.45) is 0 Å². The van der Waals surface area contributed by atoms with Crippen molar-refractivity contribution in [1.29, 1.82) is 0 Å². The molecule has 0 radical (unpaired) electrons. The van der Waals surface area contributed by atoms with Crippen LogP contribution >= 0.6 is 0 Å². The lowest BCUT2D eigenvalue weighted by atomic mass is 9.99. The van der Waals surface area contributed by atoms with Gasteiger partial charge in [-0.25, -0.2) is 9.78 Å². The monoisotopic (exact) mass is 432 g/mol. The standard InChI is InChI=1S/C24H24N4O4/c1-4-31-22-20-21(23(27-26-22)32-5-2)28(15(3)25-20)14-16-10-12-17(13-11-16)18-8-6-7-9-19(18)24(29)30/h6-13H,4-5,14H2,1-3H3,(H,29,30). The maximum atomic E-state index is 11.6. The summed E-state index contributed by atoms with van der Waals surface area (Å²) in [5.74, 6) is 0.642. The van der Waals surface area contributed by atoms with E-state index in [4.69, 9.17) is 9.47 Å². The number of aryl methyl sites for hydroxylation is 1. The first kappa shape index (κ1) is 21.3. The molecule has 2 aromatic heterocycles. The maximum absolute atomic E-state index is 11.6. The Morgan fingerprint density at radius 1 is 0.969 bits per heavy atom. The van der Waals surface area contributed by atoms with Crippen molar-refractivity contribution >= 4 is 17.0 Å². The van der Waals surface area contributed by atoms with Gasteiger partial charge in [0.05, 0.1) is 18.8 Å². The number of ether oxygens (including phenoxy) is 2. The second-order valence-corrected chi connectivity index (χ2v) is 7.17. The van der Waals surface area contributed by atoms with Crippen LogP contribution in [0.5, 0.6) is 11.8 Å². The second-order valence-electron chi connectivity index (χ2n) is 7.17. The van der Waals surface area contributed by atoms with E-state index in [1.807, 2.05) is 61.7 Å². The molecule has 2 aromatic carbocycles. The lowest BCUT2D eigenvalue weighted by Gasteiger charge is -2.12. The minimum atomic E-state index is -0.945. The molecule has 4 rings (SSSR count). The number of rotatable bonds is 8. The fraction of sp³-hybridized carbons (Fsp3) is 0.250. The number of aromatic carboxylic acids is 1. The minimum absolute atomic E-state index is 0.278. The largest absolute Gasteiger partial charge is 0.478 e. The van der Waals surface area contributed by atoms with Crippen molar-refractivity contribution in [3.63, 3.8) is 0 Å². The van der Waals surface area contributed by atoms with Crippen LogP contribution < -0.4 is 9.47 Å². The van der Waals surface area contributed by atoms with Crippen molar-refractivity contribution in [3.8, 4) is 22.9 Å². The van der Waals surface area contributed by atoms with Crippen molar-refractivity contribution in [3.05, 3.63) is 65.5 Å². The number of hydrogen-bond donors (Lipinski definition) is 1. The Labute approximate surface area is 185 Å². The molecular formula is C24H24N4O4. The molecule has 0 saturated heterocycles. The zero-order chi connectivity index (χ0) is 22.7. The number of carboxylic acid groups (broad SMARTS) is 1. The number of carboxylic acids is 1. The molecule has 8 nitrogen and oxygen atoms in total. The van der Waals surface area contributed by atoms with Crippen LogP contribution in [0, 0.1) is 6.92 Å². The Morgan fingerprint density at radius 2 is 1.62 bits per heavy atom. The number of imidazole rings is 1. The second kappa shape index (κ2) is 9.05. The Kier molecular flexibility index (Phi) is 6.02. The zero-order valence-corrected chi connectivity index (χ0v) is 18.2. The predicted octanol–water partition coefficient (Wildman–Crippen LogP) is 4.35. The van der Waals surface area contributed by atoms with Crippen LogP contribution in [0.1, 0.15) is 35.6 Å². The van der Waals surface area contributed by atoms with Crippen LogP contribution in [-0.4, -0.2) is 44.0 Å². The van der Waals surface area contributed by atoms with Gasteiger partial charge in [0, 0.05) is 6.54 Å². The molecule has 0 atom stereocenters. The highest BCUT2D eigenvalue weighted by molar-refractivity contribution is 5.96. The van der Waals surface area contributed by atoms with Gasteiger partial charge in [-0.15, -0.1) is 10.2 Å². The van der Waals surface area contributed by atoms with Crippen molar-refractivity contribution in [1.82, 2.24) is 19.7 Å². The SMILES string of the molecule is CCOc1nnc(OCC)c2c1nc(C)n2Cc1ccc(-c2ccccc2C(=O)O)cc1. The maximum Gasteiger partial charge on any atom is 0.336 e. The molecule has 2 heterocycles. The van der Waals surface area contributed by atoms with Crippen molar-refractivity contribution < 1.29 is 19.4 Å². The first-order chi connectivity index (χ1) is 15.5. The van der Waals surface area contributed by atoms with E-state index in [0.717, 1.165) is 22.5 Å². The van der Waals surface area contributed by atoms with Crippen LogP contribution in [0.3, 0.4) is 0 Å². The van der Waals surface area contributed by atoms with Gasteiger partial charge >= 0.3 is 5.97 Å². The highest BCUT2D eigenvalue weighted by Gasteiger charge is 2.20. The van der Waals surface area contributed by atoms with Gasteiger partial charge < -0.3 is 19.1 Å². The van der Waals surface area contributed by atoms with Gasteiger partial charge in [-0.2, -0.15) is 0 Å². The molecule has 0 unspecified atom stereocenters. The molecule has 1 N–H and O–H groups in total. The van der Waals surface area contributed by atoms with E-state index < -0.39 is 5.97 Å². The highest BCUT2D eigenvalue weighted by atomic mass is 16.5. The summed E-state index contributed by atoms with van der Waals surface area (Å²) in [6, 6.07) is 14.8. The third kappa shape index (κ3) is 3.99. The first-order valence-electron chi connectivity index (χ1n) is 10.4. The molecule has 0 aliphatic carbocycles. The average molecular weight is 432 g/mol. The molecule has 32 heavy (non-hydrogen) atoms. The number of nitrogens with zero attached hydrogens (tertiary/aromatic N) is 4. The van der Waals surface area contributed by atoms with Crippen LogP contribution in [0.2, 0.25) is 0 Å². The molecule has 164 valence electrons. The normalized spacial score (nSPS) is 11.0. The molecule has 0 aliphatic heterocycles. The Bertz CT molecular complexity index is 1270. The number of benzene rings is 2. The summed E-state index contributed by atoms with van der Waals surface area (Å²) in [5.41, 5.74) is 4.20. The topological polar surface area (TPSA) is 99.4 Å².